The second-order valence-corrected chi connectivity index (χ2v) is 3.31. The van der Waals surface area contributed by atoms with E-state index in [1.165, 1.54) is 7.11 Å². The fourth-order valence-corrected chi connectivity index (χ4v) is 1.54. The summed E-state index contributed by atoms with van der Waals surface area (Å²) in [6.45, 7) is -0.0427. The van der Waals surface area contributed by atoms with Crippen molar-refractivity contribution in [2.75, 3.05) is 20.5 Å². The Morgan fingerprint density at radius 2 is 2.31 bits per heavy atom. The van der Waals surface area contributed by atoms with Crippen LogP contribution in [-0.2, 0) is 0 Å². The molecule has 86 valence electrons. The third-order valence-electron chi connectivity index (χ3n) is 2.32. The molecule has 1 heterocycles. The third-order valence-corrected chi connectivity index (χ3v) is 2.32. The van der Waals surface area contributed by atoms with Gasteiger partial charge >= 0.3 is 0 Å². The van der Waals surface area contributed by atoms with Gasteiger partial charge in [0, 0.05) is 12.0 Å². The van der Waals surface area contributed by atoms with Crippen molar-refractivity contribution in [2.24, 2.45) is 0 Å². The van der Waals surface area contributed by atoms with E-state index in [2.05, 4.69) is 0 Å². The molecule has 0 saturated heterocycles. The lowest BCUT2D eigenvalue weighted by atomic mass is 10.1. The highest BCUT2D eigenvalue weighted by Gasteiger charge is 2.21. The van der Waals surface area contributed by atoms with Crippen molar-refractivity contribution >= 4 is 5.78 Å². The smallest absolute Gasteiger partial charge is 0.231 e. The van der Waals surface area contributed by atoms with E-state index in [0.29, 0.717) is 22.8 Å². The quantitative estimate of drug-likeness (QED) is 0.772. The van der Waals surface area contributed by atoms with Crippen LogP contribution in [0.4, 0.5) is 0 Å². The van der Waals surface area contributed by atoms with Crippen LogP contribution in [0, 0.1) is 0 Å². The van der Waals surface area contributed by atoms with Crippen LogP contribution in [0.15, 0.2) is 12.1 Å². The van der Waals surface area contributed by atoms with E-state index in [1.807, 2.05) is 0 Å². The second kappa shape index (κ2) is 4.40. The molecule has 0 amide bonds. The summed E-state index contributed by atoms with van der Waals surface area (Å²) in [6.07, 6.45) is 0.0861. The molecule has 1 N–H and O–H groups in total. The van der Waals surface area contributed by atoms with Crippen molar-refractivity contribution < 1.29 is 24.1 Å². The number of hydrogen-bond acceptors (Lipinski definition) is 5. The monoisotopic (exact) mass is 224 g/mol. The Bertz CT molecular complexity index is 413. The van der Waals surface area contributed by atoms with E-state index in [1.54, 1.807) is 12.1 Å². The Morgan fingerprint density at radius 3 is 3.00 bits per heavy atom. The first kappa shape index (κ1) is 10.8. The van der Waals surface area contributed by atoms with Gasteiger partial charge in [0.15, 0.2) is 17.3 Å². The van der Waals surface area contributed by atoms with Crippen LogP contribution in [0.25, 0.3) is 0 Å². The molecule has 0 atom stereocenters. The lowest BCUT2D eigenvalue weighted by molar-refractivity contribution is 0.0956. The fraction of sp³-hybridized carbons (Fsp3) is 0.364. The van der Waals surface area contributed by atoms with Crippen LogP contribution in [0.1, 0.15) is 16.8 Å². The molecule has 0 radical (unpaired) electrons. The zero-order valence-corrected chi connectivity index (χ0v) is 8.86. The topological polar surface area (TPSA) is 65.0 Å². The van der Waals surface area contributed by atoms with E-state index >= 15 is 0 Å². The van der Waals surface area contributed by atoms with Crippen LogP contribution in [0.2, 0.25) is 0 Å². The first-order valence-corrected chi connectivity index (χ1v) is 4.88. The number of aliphatic hydroxyl groups is 1. The minimum Gasteiger partial charge on any atom is -0.493 e. The lowest BCUT2D eigenvalue weighted by Crippen LogP contribution is -2.02. The summed E-state index contributed by atoms with van der Waals surface area (Å²) in [5, 5.41) is 8.71. The number of fused-ring (bicyclic) bond motifs is 1. The Balaban J connectivity index is 2.38. The molecule has 1 aliphatic rings. The highest BCUT2D eigenvalue weighted by Crippen LogP contribution is 2.41. The van der Waals surface area contributed by atoms with Gasteiger partial charge in [-0.3, -0.25) is 4.79 Å². The van der Waals surface area contributed by atoms with Crippen LogP contribution >= 0.6 is 0 Å². The van der Waals surface area contributed by atoms with Gasteiger partial charge in [0.2, 0.25) is 12.5 Å². The first-order valence-electron chi connectivity index (χ1n) is 4.88. The molecule has 0 fully saturated rings. The summed E-state index contributed by atoms with van der Waals surface area (Å²) >= 11 is 0. The van der Waals surface area contributed by atoms with Gasteiger partial charge in [-0.1, -0.05) is 0 Å². The number of rotatable bonds is 4. The molecule has 16 heavy (non-hydrogen) atoms. The van der Waals surface area contributed by atoms with Crippen molar-refractivity contribution in [3.05, 3.63) is 17.7 Å². The van der Waals surface area contributed by atoms with Gasteiger partial charge in [-0.25, -0.2) is 0 Å². The summed E-state index contributed by atoms with van der Waals surface area (Å²) in [6, 6.07) is 3.19. The minimum atomic E-state index is -0.171. The normalized spacial score (nSPS) is 12.6. The Hall–Kier alpha value is -1.75. The van der Waals surface area contributed by atoms with Crippen molar-refractivity contribution in [1.29, 1.82) is 0 Å². The highest BCUT2D eigenvalue weighted by atomic mass is 16.7. The van der Waals surface area contributed by atoms with Crippen molar-refractivity contribution in [2.45, 2.75) is 6.42 Å². The van der Waals surface area contributed by atoms with E-state index in [4.69, 9.17) is 19.3 Å². The number of carbonyl (C=O) groups excluding carboxylic acids is 1. The van der Waals surface area contributed by atoms with Gasteiger partial charge in [0.1, 0.15) is 0 Å². The average molecular weight is 224 g/mol. The van der Waals surface area contributed by atoms with Crippen LogP contribution in [-0.4, -0.2) is 31.4 Å². The molecular weight excluding hydrogens is 212 g/mol. The maximum absolute atomic E-state index is 11.6. The molecule has 5 nitrogen and oxygen atoms in total. The van der Waals surface area contributed by atoms with Crippen LogP contribution in [0.5, 0.6) is 17.2 Å². The molecule has 0 spiro atoms. The maximum atomic E-state index is 11.6. The van der Waals surface area contributed by atoms with E-state index in [-0.39, 0.29) is 25.6 Å². The van der Waals surface area contributed by atoms with Crippen molar-refractivity contribution in [3.63, 3.8) is 0 Å². The second-order valence-electron chi connectivity index (χ2n) is 3.31. The summed E-state index contributed by atoms with van der Waals surface area (Å²) in [7, 11) is 1.50. The average Bonchev–Trinajstić information content (AvgIpc) is 2.75. The van der Waals surface area contributed by atoms with Crippen molar-refractivity contribution in [1.82, 2.24) is 0 Å². The van der Waals surface area contributed by atoms with Crippen LogP contribution in [0.3, 0.4) is 0 Å². The summed E-state index contributed by atoms with van der Waals surface area (Å²) in [5.41, 5.74) is 0.454. The molecule has 1 aliphatic heterocycles. The highest BCUT2D eigenvalue weighted by molar-refractivity contribution is 5.97. The Morgan fingerprint density at radius 1 is 1.50 bits per heavy atom. The van der Waals surface area contributed by atoms with Gasteiger partial charge in [-0.05, 0) is 12.1 Å². The van der Waals surface area contributed by atoms with Gasteiger partial charge in [-0.15, -0.1) is 0 Å². The summed E-state index contributed by atoms with van der Waals surface area (Å²) in [5.74, 6) is 1.33. The predicted octanol–water partition coefficient (Wildman–Crippen LogP) is 0.989. The number of Topliss-reactive ketones (excluding diaryl/α,β-unsaturated/α-hetero) is 1. The lowest BCUT2D eigenvalue weighted by Gasteiger charge is -2.07. The van der Waals surface area contributed by atoms with E-state index in [9.17, 15) is 4.79 Å². The number of ether oxygens (including phenoxy) is 3. The molecule has 2 rings (SSSR count). The zero-order chi connectivity index (χ0) is 11.5. The van der Waals surface area contributed by atoms with Gasteiger partial charge in [-0.2, -0.15) is 0 Å². The van der Waals surface area contributed by atoms with Gasteiger partial charge in [0.25, 0.3) is 0 Å². The number of hydrogen-bond donors (Lipinski definition) is 1. The molecule has 0 aliphatic carbocycles. The SMILES string of the molecule is COc1cc(C(=O)CCO)cc2c1OCO2. The molecule has 1 aromatic rings. The van der Waals surface area contributed by atoms with Crippen molar-refractivity contribution in [3.8, 4) is 17.2 Å². The predicted molar refractivity (Wildman–Crippen MR) is 55.2 cm³/mol. The number of aliphatic hydroxyl groups excluding tert-OH is 1. The largest absolute Gasteiger partial charge is 0.493 e. The molecule has 0 bridgehead atoms. The molecule has 5 heteroatoms. The Labute approximate surface area is 92.5 Å². The van der Waals surface area contributed by atoms with E-state index in [0.717, 1.165) is 0 Å². The van der Waals surface area contributed by atoms with Crippen LogP contribution < -0.4 is 14.2 Å². The minimum absolute atomic E-state index is 0.0861. The number of ketones is 1. The standard InChI is InChI=1S/C11H12O5/c1-14-9-4-7(8(13)2-3-12)5-10-11(9)16-6-15-10/h4-5,12H,2-3,6H2,1H3. The number of carbonyl (C=O) groups is 1. The first-order chi connectivity index (χ1) is 7.76. The summed E-state index contributed by atoms with van der Waals surface area (Å²) in [4.78, 5) is 11.6. The Kier molecular flexibility index (Phi) is 2.96. The van der Waals surface area contributed by atoms with E-state index < -0.39 is 0 Å². The molecule has 0 unspecified atom stereocenters. The number of methoxy groups -OCH3 is 1. The number of benzene rings is 1. The molecule has 0 saturated carbocycles. The third kappa shape index (κ3) is 1.81. The van der Waals surface area contributed by atoms with Gasteiger partial charge < -0.3 is 19.3 Å². The summed E-state index contributed by atoms with van der Waals surface area (Å²) < 4.78 is 15.5. The molecule has 0 aromatic heterocycles. The fourth-order valence-electron chi connectivity index (χ4n) is 1.54. The maximum Gasteiger partial charge on any atom is 0.231 e. The molecular formula is C11H12O5. The van der Waals surface area contributed by atoms with Gasteiger partial charge in [0.05, 0.1) is 13.7 Å². The zero-order valence-electron chi connectivity index (χ0n) is 8.86. The molecule has 1 aromatic carbocycles.